The maximum atomic E-state index is 12.1. The highest BCUT2D eigenvalue weighted by atomic mass is 32.2. The van der Waals surface area contributed by atoms with Gasteiger partial charge in [0.25, 0.3) is 10.2 Å². The van der Waals surface area contributed by atoms with Crippen LogP contribution in [0.2, 0.25) is 0 Å². The minimum atomic E-state index is -3.29. The predicted octanol–water partition coefficient (Wildman–Crippen LogP) is 0.503. The van der Waals surface area contributed by atoms with E-state index in [9.17, 15) is 8.42 Å². The second-order valence-electron chi connectivity index (χ2n) is 4.08. The van der Waals surface area contributed by atoms with E-state index in [1.54, 1.807) is 7.05 Å². The SMILES string of the molecule is CCN(C(C)C)S(=O)(=O)N(C)CCCNC. The molecule has 0 saturated heterocycles. The molecule has 0 saturated carbocycles. The number of nitrogens with one attached hydrogen (secondary N) is 1. The Balaban J connectivity index is 4.51. The van der Waals surface area contributed by atoms with Crippen LogP contribution >= 0.6 is 0 Å². The van der Waals surface area contributed by atoms with E-state index in [1.165, 1.54) is 8.61 Å². The molecule has 0 radical (unpaired) electrons. The summed E-state index contributed by atoms with van der Waals surface area (Å²) in [5.74, 6) is 0. The summed E-state index contributed by atoms with van der Waals surface area (Å²) in [6.07, 6.45) is 0.821. The monoisotopic (exact) mass is 251 g/mol. The highest BCUT2D eigenvalue weighted by Gasteiger charge is 2.27. The van der Waals surface area contributed by atoms with E-state index < -0.39 is 10.2 Å². The predicted molar refractivity (Wildman–Crippen MR) is 67.6 cm³/mol. The van der Waals surface area contributed by atoms with Crippen molar-refractivity contribution in [2.45, 2.75) is 33.2 Å². The minimum absolute atomic E-state index is 0.00162. The molecule has 0 aliphatic rings. The molecule has 6 heteroatoms. The van der Waals surface area contributed by atoms with Gasteiger partial charge in [0.1, 0.15) is 0 Å². The van der Waals surface area contributed by atoms with Gasteiger partial charge in [0, 0.05) is 26.2 Å². The van der Waals surface area contributed by atoms with Gasteiger partial charge in [-0.1, -0.05) is 6.92 Å². The standard InChI is InChI=1S/C10H25N3O2S/c1-6-13(10(2)3)16(14,15)12(5)9-7-8-11-4/h10-11H,6-9H2,1-5H3. The van der Waals surface area contributed by atoms with E-state index in [4.69, 9.17) is 0 Å². The maximum absolute atomic E-state index is 12.1. The van der Waals surface area contributed by atoms with Crippen LogP contribution in [0.4, 0.5) is 0 Å². The molecule has 0 rings (SSSR count). The molecule has 5 nitrogen and oxygen atoms in total. The Kier molecular flexibility index (Phi) is 7.14. The van der Waals surface area contributed by atoms with Crippen LogP contribution in [0.3, 0.4) is 0 Å². The summed E-state index contributed by atoms with van der Waals surface area (Å²) in [7, 11) is 0.205. The van der Waals surface area contributed by atoms with Crippen molar-refractivity contribution in [3.8, 4) is 0 Å². The fraction of sp³-hybridized carbons (Fsp3) is 1.00. The van der Waals surface area contributed by atoms with Gasteiger partial charge in [-0.05, 0) is 33.9 Å². The quantitative estimate of drug-likeness (QED) is 0.639. The third-order valence-corrected chi connectivity index (χ3v) is 4.72. The van der Waals surface area contributed by atoms with Gasteiger partial charge in [-0.2, -0.15) is 17.0 Å². The molecule has 0 aromatic heterocycles. The van der Waals surface area contributed by atoms with Crippen LogP contribution in [0.1, 0.15) is 27.2 Å². The van der Waals surface area contributed by atoms with E-state index in [2.05, 4.69) is 5.32 Å². The highest BCUT2D eigenvalue weighted by Crippen LogP contribution is 2.10. The van der Waals surface area contributed by atoms with Gasteiger partial charge in [-0.25, -0.2) is 0 Å². The van der Waals surface area contributed by atoms with E-state index in [0.29, 0.717) is 13.1 Å². The number of rotatable bonds is 8. The van der Waals surface area contributed by atoms with Crippen molar-refractivity contribution in [3.63, 3.8) is 0 Å². The summed E-state index contributed by atoms with van der Waals surface area (Å²) in [5, 5.41) is 3.01. The largest absolute Gasteiger partial charge is 0.320 e. The van der Waals surface area contributed by atoms with Gasteiger partial charge in [0.05, 0.1) is 0 Å². The van der Waals surface area contributed by atoms with Crippen molar-refractivity contribution in [2.75, 3.05) is 33.7 Å². The highest BCUT2D eigenvalue weighted by molar-refractivity contribution is 7.86. The lowest BCUT2D eigenvalue weighted by molar-refractivity contribution is 0.327. The van der Waals surface area contributed by atoms with Gasteiger partial charge in [0.2, 0.25) is 0 Å². The lowest BCUT2D eigenvalue weighted by Crippen LogP contribution is -2.45. The molecule has 0 heterocycles. The van der Waals surface area contributed by atoms with Crippen LogP contribution in [0.5, 0.6) is 0 Å². The van der Waals surface area contributed by atoms with Crippen molar-refractivity contribution in [3.05, 3.63) is 0 Å². The third kappa shape index (κ3) is 4.37. The first-order valence-corrected chi connectivity index (χ1v) is 7.15. The molecule has 0 spiro atoms. The lowest BCUT2D eigenvalue weighted by atomic mass is 10.4. The number of hydrogen-bond acceptors (Lipinski definition) is 3. The van der Waals surface area contributed by atoms with Crippen LogP contribution in [0.25, 0.3) is 0 Å². The average Bonchev–Trinajstić information content (AvgIpc) is 2.17. The summed E-state index contributed by atoms with van der Waals surface area (Å²) in [6, 6.07) is 0.00162. The molecule has 0 aliphatic carbocycles. The first-order chi connectivity index (χ1) is 7.37. The fourth-order valence-electron chi connectivity index (χ4n) is 1.57. The Morgan fingerprint density at radius 3 is 2.25 bits per heavy atom. The molecule has 0 bridgehead atoms. The molecular formula is C10H25N3O2S. The van der Waals surface area contributed by atoms with Gasteiger partial charge in [-0.15, -0.1) is 0 Å². The minimum Gasteiger partial charge on any atom is -0.320 e. The summed E-state index contributed by atoms with van der Waals surface area (Å²) >= 11 is 0. The topological polar surface area (TPSA) is 52.7 Å². The molecule has 0 aromatic rings. The van der Waals surface area contributed by atoms with Gasteiger partial charge in [-0.3, -0.25) is 0 Å². The van der Waals surface area contributed by atoms with Crippen molar-refractivity contribution < 1.29 is 8.42 Å². The van der Waals surface area contributed by atoms with Crippen LogP contribution in [-0.4, -0.2) is 56.8 Å². The molecule has 1 N–H and O–H groups in total. The van der Waals surface area contributed by atoms with Crippen LogP contribution in [0.15, 0.2) is 0 Å². The van der Waals surface area contributed by atoms with Gasteiger partial charge < -0.3 is 5.32 Å². The molecule has 0 unspecified atom stereocenters. The first-order valence-electron chi connectivity index (χ1n) is 5.75. The fourth-order valence-corrected chi connectivity index (χ4v) is 3.14. The summed E-state index contributed by atoms with van der Waals surface area (Å²) in [6.45, 7) is 7.53. The molecule has 0 fully saturated rings. The molecule has 0 aliphatic heterocycles. The first kappa shape index (κ1) is 15.8. The van der Waals surface area contributed by atoms with Crippen LogP contribution in [-0.2, 0) is 10.2 Å². The average molecular weight is 251 g/mol. The van der Waals surface area contributed by atoms with Gasteiger partial charge >= 0.3 is 0 Å². The molecular weight excluding hydrogens is 226 g/mol. The zero-order valence-corrected chi connectivity index (χ0v) is 11.8. The Morgan fingerprint density at radius 2 is 1.88 bits per heavy atom. The normalized spacial score (nSPS) is 13.0. The van der Waals surface area contributed by atoms with Crippen molar-refractivity contribution >= 4 is 10.2 Å². The second kappa shape index (κ2) is 7.21. The molecule has 0 aromatic carbocycles. The third-order valence-electron chi connectivity index (χ3n) is 2.48. The molecule has 16 heavy (non-hydrogen) atoms. The molecule has 98 valence electrons. The summed E-state index contributed by atoms with van der Waals surface area (Å²) in [5.41, 5.74) is 0. The Morgan fingerprint density at radius 1 is 1.31 bits per heavy atom. The van der Waals surface area contributed by atoms with Crippen LogP contribution in [0, 0.1) is 0 Å². The zero-order chi connectivity index (χ0) is 12.8. The van der Waals surface area contributed by atoms with Gasteiger partial charge in [0.15, 0.2) is 0 Å². The summed E-state index contributed by atoms with van der Waals surface area (Å²) < 4.78 is 27.2. The lowest BCUT2D eigenvalue weighted by Gasteiger charge is -2.29. The van der Waals surface area contributed by atoms with E-state index in [0.717, 1.165) is 13.0 Å². The van der Waals surface area contributed by atoms with E-state index in [1.807, 2.05) is 27.8 Å². The van der Waals surface area contributed by atoms with E-state index >= 15 is 0 Å². The second-order valence-corrected chi connectivity index (χ2v) is 6.07. The summed E-state index contributed by atoms with van der Waals surface area (Å²) in [4.78, 5) is 0. The van der Waals surface area contributed by atoms with Crippen molar-refractivity contribution in [1.29, 1.82) is 0 Å². The Bertz CT molecular complexity index is 278. The number of nitrogens with zero attached hydrogens (tertiary/aromatic N) is 2. The van der Waals surface area contributed by atoms with Crippen molar-refractivity contribution in [2.24, 2.45) is 0 Å². The number of hydrogen-bond donors (Lipinski definition) is 1. The Labute approximate surface area is 100.0 Å². The van der Waals surface area contributed by atoms with E-state index in [-0.39, 0.29) is 6.04 Å². The molecule has 0 atom stereocenters. The zero-order valence-electron chi connectivity index (χ0n) is 11.0. The smallest absolute Gasteiger partial charge is 0.281 e. The van der Waals surface area contributed by atoms with Crippen molar-refractivity contribution in [1.82, 2.24) is 13.9 Å². The van der Waals surface area contributed by atoms with Crippen LogP contribution < -0.4 is 5.32 Å². The maximum Gasteiger partial charge on any atom is 0.281 e. The molecule has 0 amide bonds. The Hall–Kier alpha value is -0.170.